The Kier molecular flexibility index (Phi) is 4.04. The average molecular weight is 362 g/mol. The third-order valence-corrected chi connectivity index (χ3v) is 6.27. The van der Waals surface area contributed by atoms with Gasteiger partial charge in [-0.1, -0.05) is 25.4 Å². The molecule has 1 saturated carbocycles. The molecule has 1 aliphatic carbocycles. The van der Waals surface area contributed by atoms with Crippen LogP contribution in [0, 0.1) is 0 Å². The first-order chi connectivity index (χ1) is 11.9. The first-order valence-corrected chi connectivity index (χ1v) is 9.44. The van der Waals surface area contributed by atoms with E-state index in [0.29, 0.717) is 17.9 Å². The van der Waals surface area contributed by atoms with Crippen LogP contribution in [0.2, 0.25) is 5.02 Å². The van der Waals surface area contributed by atoms with Crippen LogP contribution in [0.15, 0.2) is 18.5 Å². The Balaban J connectivity index is 1.54. The van der Waals surface area contributed by atoms with Gasteiger partial charge in [0, 0.05) is 36.3 Å². The molecule has 2 aromatic rings. The Bertz CT molecular complexity index is 812. The fourth-order valence-electron chi connectivity index (χ4n) is 4.67. The molecule has 134 valence electrons. The van der Waals surface area contributed by atoms with Gasteiger partial charge in [-0.25, -0.2) is 4.98 Å². The van der Waals surface area contributed by atoms with Gasteiger partial charge in [-0.3, -0.25) is 4.79 Å². The Morgan fingerprint density at radius 2 is 2.28 bits per heavy atom. The van der Waals surface area contributed by atoms with Crippen molar-refractivity contribution in [2.45, 2.75) is 69.6 Å². The van der Waals surface area contributed by atoms with Gasteiger partial charge in [-0.2, -0.15) is 0 Å². The van der Waals surface area contributed by atoms with Gasteiger partial charge in [-0.05, 0) is 43.2 Å². The van der Waals surface area contributed by atoms with Gasteiger partial charge in [-0.15, -0.1) is 0 Å². The number of nitrogens with zero attached hydrogens (tertiary/aromatic N) is 2. The summed E-state index contributed by atoms with van der Waals surface area (Å²) in [6.07, 6.45) is 7.10. The second-order valence-electron chi connectivity index (χ2n) is 7.72. The second-order valence-corrected chi connectivity index (χ2v) is 8.13. The summed E-state index contributed by atoms with van der Waals surface area (Å²) in [7, 11) is 0. The molecule has 2 bridgehead atoms. The molecule has 2 atom stereocenters. The van der Waals surface area contributed by atoms with E-state index in [0.717, 1.165) is 35.9 Å². The molecule has 4 heterocycles. The van der Waals surface area contributed by atoms with Crippen LogP contribution in [-0.2, 0) is 4.79 Å². The number of carbonyl (C=O) groups excluding carboxylic acids is 1. The van der Waals surface area contributed by atoms with Crippen LogP contribution in [0.25, 0.3) is 11.0 Å². The van der Waals surface area contributed by atoms with Gasteiger partial charge in [0.05, 0.1) is 10.6 Å². The highest BCUT2D eigenvalue weighted by molar-refractivity contribution is 6.35. The number of amides is 1. The number of rotatable bonds is 4. The van der Waals surface area contributed by atoms with Gasteiger partial charge >= 0.3 is 0 Å². The minimum absolute atomic E-state index is 0.0568. The maximum absolute atomic E-state index is 13.0. The smallest absolute Gasteiger partial charge is 0.223 e. The zero-order valence-electron chi connectivity index (χ0n) is 14.6. The van der Waals surface area contributed by atoms with Crippen LogP contribution in [0.3, 0.4) is 0 Å². The van der Waals surface area contributed by atoms with Crippen LogP contribution in [0.4, 0.5) is 0 Å². The molecule has 3 fully saturated rings. The molecule has 2 saturated heterocycles. The third-order valence-electron chi connectivity index (χ3n) is 5.96. The summed E-state index contributed by atoms with van der Waals surface area (Å²) in [6.45, 7) is 4.15. The summed E-state index contributed by atoms with van der Waals surface area (Å²) in [6, 6.07) is 2.14. The topological polar surface area (TPSA) is 69.2 Å². The van der Waals surface area contributed by atoms with Crippen molar-refractivity contribution < 1.29 is 9.90 Å². The molecule has 2 aliphatic heterocycles. The summed E-state index contributed by atoms with van der Waals surface area (Å²) in [4.78, 5) is 22.5. The lowest BCUT2D eigenvalue weighted by atomic mass is 9.66. The maximum atomic E-state index is 13.0. The highest BCUT2D eigenvalue weighted by atomic mass is 35.5. The summed E-state index contributed by atoms with van der Waals surface area (Å²) < 4.78 is 0. The van der Waals surface area contributed by atoms with Crippen LogP contribution in [-0.4, -0.2) is 43.6 Å². The zero-order valence-corrected chi connectivity index (χ0v) is 15.4. The average Bonchev–Trinajstić information content (AvgIpc) is 2.98. The molecular weight excluding hydrogens is 338 g/mol. The Morgan fingerprint density at radius 1 is 1.52 bits per heavy atom. The lowest BCUT2D eigenvalue weighted by Crippen LogP contribution is -2.67. The van der Waals surface area contributed by atoms with Crippen molar-refractivity contribution in [3.63, 3.8) is 0 Å². The van der Waals surface area contributed by atoms with Crippen LogP contribution in [0.1, 0.15) is 57.4 Å². The number of aliphatic hydroxyl groups is 1. The summed E-state index contributed by atoms with van der Waals surface area (Å²) in [5.41, 5.74) is 1.27. The molecule has 2 N–H and O–H groups in total. The third kappa shape index (κ3) is 2.74. The van der Waals surface area contributed by atoms with E-state index in [1.165, 1.54) is 0 Å². The number of halogens is 1. The molecule has 0 aromatic carbocycles. The molecule has 1 amide bonds. The van der Waals surface area contributed by atoms with E-state index in [9.17, 15) is 9.90 Å². The fraction of sp³-hybridized carbons (Fsp3) is 0.579. The number of fused-ring (bicyclic) bond motifs is 3. The van der Waals surface area contributed by atoms with Gasteiger partial charge in [0.2, 0.25) is 5.91 Å². The van der Waals surface area contributed by atoms with E-state index >= 15 is 0 Å². The molecule has 2 aromatic heterocycles. The van der Waals surface area contributed by atoms with Crippen LogP contribution in [0.5, 0.6) is 0 Å². The van der Waals surface area contributed by atoms with Crippen molar-refractivity contribution in [2.24, 2.45) is 0 Å². The van der Waals surface area contributed by atoms with Crippen molar-refractivity contribution in [2.75, 3.05) is 0 Å². The molecule has 0 spiro atoms. The number of aromatic nitrogens is 2. The predicted octanol–water partition coefficient (Wildman–Crippen LogP) is 3.61. The first-order valence-electron chi connectivity index (χ1n) is 9.07. The molecule has 5 nitrogen and oxygen atoms in total. The Hall–Kier alpha value is -1.59. The zero-order chi connectivity index (χ0) is 17.8. The quantitative estimate of drug-likeness (QED) is 0.873. The van der Waals surface area contributed by atoms with E-state index in [1.807, 2.05) is 11.1 Å². The van der Waals surface area contributed by atoms with E-state index in [-0.39, 0.29) is 23.9 Å². The molecule has 3 aliphatic rings. The molecule has 25 heavy (non-hydrogen) atoms. The van der Waals surface area contributed by atoms with Gasteiger partial charge in [0.1, 0.15) is 5.65 Å². The number of piperidine rings is 2. The van der Waals surface area contributed by atoms with Crippen LogP contribution < -0.4 is 0 Å². The van der Waals surface area contributed by atoms with Crippen molar-refractivity contribution in [1.29, 1.82) is 0 Å². The Labute approximate surface area is 152 Å². The van der Waals surface area contributed by atoms with Crippen LogP contribution >= 0.6 is 11.6 Å². The maximum Gasteiger partial charge on any atom is 0.223 e. The molecule has 2 unspecified atom stereocenters. The highest BCUT2D eigenvalue weighted by Crippen LogP contribution is 2.47. The number of hydrogen-bond acceptors (Lipinski definition) is 3. The molecule has 5 rings (SSSR count). The second kappa shape index (κ2) is 5.99. The normalized spacial score (nSPS) is 29.5. The van der Waals surface area contributed by atoms with Gasteiger partial charge < -0.3 is 15.0 Å². The number of pyridine rings is 1. The summed E-state index contributed by atoms with van der Waals surface area (Å²) >= 11 is 6.34. The van der Waals surface area contributed by atoms with Crippen molar-refractivity contribution in [3.8, 4) is 0 Å². The molecular formula is C19H24ClN3O2. The SMILES string of the molecule is CCC1CC2(O)CC(C2)N1C(=O)CC(C)c1c[nH]c2nccc(Cl)c12. The minimum Gasteiger partial charge on any atom is -0.390 e. The number of aromatic amines is 1. The van der Waals surface area contributed by atoms with Crippen molar-refractivity contribution in [3.05, 3.63) is 29.0 Å². The van der Waals surface area contributed by atoms with E-state index < -0.39 is 5.60 Å². The van der Waals surface area contributed by atoms with Crippen molar-refractivity contribution in [1.82, 2.24) is 14.9 Å². The fourth-order valence-corrected chi connectivity index (χ4v) is 4.93. The summed E-state index contributed by atoms with van der Waals surface area (Å²) in [5, 5.41) is 11.9. The standard InChI is InChI=1S/C19H24ClN3O2/c1-3-12-7-19(25)8-13(9-19)23(12)16(24)6-11(2)14-10-22-18-17(14)15(20)4-5-21-18/h4-5,10-13,25H,3,6-9H2,1-2H3,(H,21,22). The number of carbonyl (C=O) groups is 1. The first kappa shape index (κ1) is 16.9. The van der Waals surface area contributed by atoms with Gasteiger partial charge in [0.15, 0.2) is 0 Å². The molecule has 6 heteroatoms. The summed E-state index contributed by atoms with van der Waals surface area (Å²) in [5.74, 6) is 0.238. The molecule has 0 radical (unpaired) electrons. The largest absolute Gasteiger partial charge is 0.390 e. The lowest BCUT2D eigenvalue weighted by Gasteiger charge is -2.58. The predicted molar refractivity (Wildman–Crippen MR) is 97.6 cm³/mol. The van der Waals surface area contributed by atoms with E-state index in [4.69, 9.17) is 11.6 Å². The Morgan fingerprint density at radius 3 is 3.00 bits per heavy atom. The monoisotopic (exact) mass is 361 g/mol. The lowest BCUT2D eigenvalue weighted by molar-refractivity contribution is -0.178. The highest BCUT2D eigenvalue weighted by Gasteiger charge is 2.54. The number of nitrogens with one attached hydrogen (secondary N) is 1. The number of hydrogen-bond donors (Lipinski definition) is 2. The van der Waals surface area contributed by atoms with E-state index in [1.54, 1.807) is 12.3 Å². The van der Waals surface area contributed by atoms with E-state index in [2.05, 4.69) is 23.8 Å². The van der Waals surface area contributed by atoms with Crippen molar-refractivity contribution >= 4 is 28.5 Å². The number of H-pyrrole nitrogens is 1. The minimum atomic E-state index is -0.524. The van der Waals surface area contributed by atoms with Gasteiger partial charge in [0.25, 0.3) is 0 Å².